The Kier molecular flexibility index (Phi) is 3.57. The first-order chi connectivity index (χ1) is 6.72. The predicted molar refractivity (Wildman–Crippen MR) is 47.0 cm³/mol. The zero-order chi connectivity index (χ0) is 10.4. The molecule has 76 valence electrons. The largest absolute Gasteiger partial charge is 0.434 e. The summed E-state index contributed by atoms with van der Waals surface area (Å²) in [7, 11) is 0. The summed E-state index contributed by atoms with van der Waals surface area (Å²) in [6.07, 6.45) is 6.89. The van der Waals surface area contributed by atoms with Gasteiger partial charge in [-0.25, -0.2) is 4.39 Å². The Hall–Kier alpha value is -1.44. The molecule has 0 radical (unpaired) electrons. The number of carbonyl (C=O) groups excluding carboxylic acids is 1. The summed E-state index contributed by atoms with van der Waals surface area (Å²) in [4.78, 5) is 10.8. The molecular formula is C9H11FN2O2. The molecule has 0 unspecified atom stereocenters. The first-order valence-electron chi connectivity index (χ1n) is 4.31. The molecule has 0 bridgehead atoms. The third-order valence-corrected chi connectivity index (χ3v) is 2.00. The molecule has 0 aromatic carbocycles. The van der Waals surface area contributed by atoms with Crippen molar-refractivity contribution in [2.75, 3.05) is 6.86 Å². The van der Waals surface area contributed by atoms with Crippen LogP contribution in [0.3, 0.4) is 0 Å². The fourth-order valence-electron chi connectivity index (χ4n) is 1.10. The van der Waals surface area contributed by atoms with Gasteiger partial charge < -0.3 is 4.74 Å². The van der Waals surface area contributed by atoms with E-state index >= 15 is 0 Å². The van der Waals surface area contributed by atoms with E-state index in [2.05, 4.69) is 20.9 Å². The summed E-state index contributed by atoms with van der Waals surface area (Å²) in [6, 6.07) is 0. The van der Waals surface area contributed by atoms with Crippen molar-refractivity contribution in [1.29, 1.82) is 0 Å². The average Bonchev–Trinajstić information content (AvgIpc) is 2.93. The highest BCUT2D eigenvalue weighted by molar-refractivity contribution is 5.69. The summed E-state index contributed by atoms with van der Waals surface area (Å²) in [5.41, 5.74) is -0.484. The van der Waals surface area contributed by atoms with Gasteiger partial charge in [0.1, 0.15) is 0 Å². The molecule has 1 aliphatic heterocycles. The molecule has 14 heavy (non-hydrogen) atoms. The Bertz CT molecular complexity index is 277. The van der Waals surface area contributed by atoms with Crippen molar-refractivity contribution in [3.8, 4) is 12.3 Å². The molecule has 1 aliphatic rings. The van der Waals surface area contributed by atoms with E-state index in [4.69, 9.17) is 6.42 Å². The van der Waals surface area contributed by atoms with Gasteiger partial charge in [-0.15, -0.1) is 12.3 Å². The third-order valence-electron chi connectivity index (χ3n) is 2.00. The normalized spacial score (nSPS) is 16.0. The van der Waals surface area contributed by atoms with Gasteiger partial charge in [-0.2, -0.15) is 10.2 Å². The lowest BCUT2D eigenvalue weighted by Crippen LogP contribution is -2.14. The fraction of sp³-hybridized carbons (Fsp3) is 0.667. The van der Waals surface area contributed by atoms with E-state index in [9.17, 15) is 9.18 Å². The molecular weight excluding hydrogens is 187 g/mol. The van der Waals surface area contributed by atoms with Gasteiger partial charge in [-0.1, -0.05) is 0 Å². The number of rotatable bonds is 6. The van der Waals surface area contributed by atoms with Crippen molar-refractivity contribution in [1.82, 2.24) is 0 Å². The lowest BCUT2D eigenvalue weighted by Gasteiger charge is -2.06. The first kappa shape index (κ1) is 10.6. The third kappa shape index (κ3) is 3.13. The van der Waals surface area contributed by atoms with Gasteiger partial charge in [-0.3, -0.25) is 4.79 Å². The van der Waals surface area contributed by atoms with E-state index in [0.29, 0.717) is 19.3 Å². The van der Waals surface area contributed by atoms with Crippen LogP contribution in [0.2, 0.25) is 0 Å². The summed E-state index contributed by atoms with van der Waals surface area (Å²) in [5.74, 6) is 1.92. The zero-order valence-corrected chi connectivity index (χ0v) is 7.70. The van der Waals surface area contributed by atoms with E-state index in [1.54, 1.807) is 0 Å². The Morgan fingerprint density at radius 3 is 2.71 bits per heavy atom. The van der Waals surface area contributed by atoms with Crippen molar-refractivity contribution in [3.05, 3.63) is 0 Å². The summed E-state index contributed by atoms with van der Waals surface area (Å²) >= 11 is 0. The SMILES string of the molecule is C#CCCC1(CCC(=O)OCF)N=N1. The zero-order valence-electron chi connectivity index (χ0n) is 7.70. The van der Waals surface area contributed by atoms with Gasteiger partial charge in [0, 0.05) is 25.7 Å². The van der Waals surface area contributed by atoms with Gasteiger partial charge in [0.15, 0.2) is 5.66 Å². The van der Waals surface area contributed by atoms with E-state index in [0.717, 1.165) is 0 Å². The van der Waals surface area contributed by atoms with E-state index in [-0.39, 0.29) is 6.42 Å². The Morgan fingerprint density at radius 2 is 2.21 bits per heavy atom. The van der Waals surface area contributed by atoms with Crippen LogP contribution < -0.4 is 0 Å². The standard InChI is InChI=1S/C9H11FN2O2/c1-2-3-5-9(11-12-9)6-4-8(13)14-7-10/h1H,3-7H2. The summed E-state index contributed by atoms with van der Waals surface area (Å²) < 4.78 is 15.7. The molecule has 0 atom stereocenters. The number of terminal acetylenes is 1. The van der Waals surface area contributed by atoms with Crippen LogP contribution in [0, 0.1) is 12.3 Å². The van der Waals surface area contributed by atoms with E-state index < -0.39 is 18.5 Å². The number of hydrogen-bond donors (Lipinski definition) is 0. The van der Waals surface area contributed by atoms with Crippen LogP contribution in [0.5, 0.6) is 0 Å². The van der Waals surface area contributed by atoms with Gasteiger partial charge in [-0.05, 0) is 0 Å². The molecule has 0 aliphatic carbocycles. The van der Waals surface area contributed by atoms with Crippen LogP contribution in [-0.2, 0) is 9.53 Å². The Balaban J connectivity index is 2.18. The minimum atomic E-state index is -1.08. The molecule has 0 amide bonds. The molecule has 0 saturated heterocycles. The second-order valence-electron chi connectivity index (χ2n) is 3.01. The number of hydrogen-bond acceptors (Lipinski definition) is 4. The van der Waals surface area contributed by atoms with Crippen LogP contribution >= 0.6 is 0 Å². The number of nitrogens with zero attached hydrogens (tertiary/aromatic N) is 2. The second-order valence-corrected chi connectivity index (χ2v) is 3.01. The van der Waals surface area contributed by atoms with Gasteiger partial charge >= 0.3 is 5.97 Å². The molecule has 0 saturated carbocycles. The molecule has 0 aromatic rings. The van der Waals surface area contributed by atoms with E-state index in [1.165, 1.54) is 0 Å². The molecule has 5 heteroatoms. The van der Waals surface area contributed by atoms with Crippen molar-refractivity contribution in [2.45, 2.75) is 31.3 Å². The summed E-state index contributed by atoms with van der Waals surface area (Å²) in [6.45, 7) is -1.08. The van der Waals surface area contributed by atoms with Gasteiger partial charge in [0.2, 0.25) is 6.86 Å². The monoisotopic (exact) mass is 198 g/mol. The predicted octanol–water partition coefficient (Wildman–Crippen LogP) is 1.81. The van der Waals surface area contributed by atoms with Crippen molar-refractivity contribution in [3.63, 3.8) is 0 Å². The number of ether oxygens (including phenoxy) is 1. The number of esters is 1. The number of halogens is 1. The highest BCUT2D eigenvalue weighted by Gasteiger charge is 2.39. The molecule has 1 heterocycles. The van der Waals surface area contributed by atoms with Crippen LogP contribution in [0.25, 0.3) is 0 Å². The van der Waals surface area contributed by atoms with E-state index in [1.807, 2.05) is 0 Å². The first-order valence-corrected chi connectivity index (χ1v) is 4.31. The highest BCUT2D eigenvalue weighted by Crippen LogP contribution is 2.37. The maximum atomic E-state index is 11.6. The Morgan fingerprint density at radius 1 is 1.50 bits per heavy atom. The average molecular weight is 198 g/mol. The highest BCUT2D eigenvalue weighted by atomic mass is 19.1. The molecule has 0 N–H and O–H groups in total. The topological polar surface area (TPSA) is 51.0 Å². The van der Waals surface area contributed by atoms with Gasteiger partial charge in [0.05, 0.1) is 0 Å². The lowest BCUT2D eigenvalue weighted by molar-refractivity contribution is -0.147. The maximum Gasteiger partial charge on any atom is 0.308 e. The van der Waals surface area contributed by atoms with Crippen molar-refractivity contribution < 1.29 is 13.9 Å². The Labute approximate surface area is 81.5 Å². The van der Waals surface area contributed by atoms with Crippen molar-refractivity contribution in [2.24, 2.45) is 10.2 Å². The quantitative estimate of drug-likeness (QED) is 0.482. The molecule has 0 fully saturated rings. The molecule has 1 rings (SSSR count). The smallest absolute Gasteiger partial charge is 0.308 e. The lowest BCUT2D eigenvalue weighted by atomic mass is 10.0. The number of carbonyl (C=O) groups is 1. The minimum absolute atomic E-state index is 0.126. The molecule has 0 aromatic heterocycles. The maximum absolute atomic E-state index is 11.6. The number of alkyl halides is 1. The fourth-order valence-corrected chi connectivity index (χ4v) is 1.10. The van der Waals surface area contributed by atoms with Crippen LogP contribution in [0.1, 0.15) is 25.7 Å². The van der Waals surface area contributed by atoms with Crippen LogP contribution in [0.15, 0.2) is 10.2 Å². The van der Waals surface area contributed by atoms with Crippen LogP contribution in [-0.4, -0.2) is 18.5 Å². The van der Waals surface area contributed by atoms with Crippen molar-refractivity contribution >= 4 is 5.97 Å². The minimum Gasteiger partial charge on any atom is -0.434 e. The molecule has 4 nitrogen and oxygen atoms in total. The molecule has 0 spiro atoms. The summed E-state index contributed by atoms with van der Waals surface area (Å²) in [5, 5.41) is 7.66. The van der Waals surface area contributed by atoms with Gasteiger partial charge in [0.25, 0.3) is 0 Å². The second kappa shape index (κ2) is 4.70. The van der Waals surface area contributed by atoms with Crippen LogP contribution in [0.4, 0.5) is 4.39 Å².